The number of rotatable bonds is 7. The van der Waals surface area contributed by atoms with Crippen molar-refractivity contribution >= 4 is 0 Å². The number of nitrogens with one attached hydrogen (secondary N) is 1. The molecule has 0 aromatic carbocycles. The summed E-state index contributed by atoms with van der Waals surface area (Å²) in [5, 5.41) is 12.6. The maximum absolute atomic E-state index is 8.94. The lowest BCUT2D eigenvalue weighted by Crippen LogP contribution is -2.40. The molecule has 1 saturated heterocycles. The first-order valence-electron chi connectivity index (χ1n) is 6.75. The summed E-state index contributed by atoms with van der Waals surface area (Å²) in [6.07, 6.45) is 5.91. The van der Waals surface area contributed by atoms with Crippen LogP contribution in [0.25, 0.3) is 0 Å². The molecule has 0 spiro atoms. The van der Waals surface area contributed by atoms with Gasteiger partial charge in [0.15, 0.2) is 0 Å². The van der Waals surface area contributed by atoms with Crippen LogP contribution in [0.15, 0.2) is 0 Å². The summed E-state index contributed by atoms with van der Waals surface area (Å²) in [6.45, 7) is 6.63. The monoisotopic (exact) mass is 229 g/mol. The van der Waals surface area contributed by atoms with E-state index in [1.807, 2.05) is 0 Å². The minimum atomic E-state index is 0.311. The first kappa shape index (κ1) is 13.9. The molecule has 1 aliphatic heterocycles. The highest BCUT2D eigenvalue weighted by Gasteiger charge is 2.21. The van der Waals surface area contributed by atoms with Crippen molar-refractivity contribution in [2.45, 2.75) is 58.1 Å². The molecule has 0 bridgehead atoms. The van der Waals surface area contributed by atoms with Crippen LogP contribution in [0.4, 0.5) is 0 Å². The Morgan fingerprint density at radius 2 is 2.25 bits per heavy atom. The predicted octanol–water partition coefficient (Wildman–Crippen LogP) is 1.94. The topological polar surface area (TPSA) is 41.5 Å². The molecule has 0 aliphatic carbocycles. The van der Waals surface area contributed by atoms with Gasteiger partial charge in [0.05, 0.1) is 6.10 Å². The van der Waals surface area contributed by atoms with Crippen LogP contribution in [0.3, 0.4) is 0 Å². The van der Waals surface area contributed by atoms with Crippen molar-refractivity contribution in [1.29, 1.82) is 0 Å². The van der Waals surface area contributed by atoms with Crippen LogP contribution in [0, 0.1) is 5.92 Å². The predicted molar refractivity (Wildman–Crippen MR) is 66.5 cm³/mol. The molecule has 0 aromatic rings. The molecule has 2 N–H and O–H groups in total. The molecule has 1 aliphatic rings. The Balaban J connectivity index is 2.20. The SMILES string of the molecule is CCC(CCO)CNC1CCOC(CC)C1. The van der Waals surface area contributed by atoms with Gasteiger partial charge in [-0.15, -0.1) is 0 Å². The van der Waals surface area contributed by atoms with Crippen molar-refractivity contribution in [2.75, 3.05) is 19.8 Å². The minimum Gasteiger partial charge on any atom is -0.396 e. The molecular formula is C13H27NO2. The van der Waals surface area contributed by atoms with Crippen molar-refractivity contribution in [2.24, 2.45) is 5.92 Å². The number of aliphatic hydroxyl groups is 1. The molecule has 0 radical (unpaired) electrons. The van der Waals surface area contributed by atoms with Gasteiger partial charge in [-0.1, -0.05) is 20.3 Å². The van der Waals surface area contributed by atoms with Gasteiger partial charge in [-0.3, -0.25) is 0 Å². The third-order valence-corrected chi connectivity index (χ3v) is 3.63. The first-order chi connectivity index (χ1) is 7.80. The van der Waals surface area contributed by atoms with Gasteiger partial charge < -0.3 is 15.2 Å². The molecule has 3 unspecified atom stereocenters. The van der Waals surface area contributed by atoms with Crippen LogP contribution in [0.1, 0.15) is 46.0 Å². The summed E-state index contributed by atoms with van der Waals surface area (Å²) in [6, 6.07) is 0.617. The van der Waals surface area contributed by atoms with Crippen molar-refractivity contribution in [3.05, 3.63) is 0 Å². The zero-order valence-corrected chi connectivity index (χ0v) is 10.7. The number of hydrogen-bond acceptors (Lipinski definition) is 3. The van der Waals surface area contributed by atoms with E-state index in [4.69, 9.17) is 9.84 Å². The van der Waals surface area contributed by atoms with Gasteiger partial charge in [-0.25, -0.2) is 0 Å². The lowest BCUT2D eigenvalue weighted by Gasteiger charge is -2.30. The highest BCUT2D eigenvalue weighted by atomic mass is 16.5. The summed E-state index contributed by atoms with van der Waals surface area (Å²) < 4.78 is 5.66. The van der Waals surface area contributed by atoms with E-state index in [1.165, 1.54) is 0 Å². The quantitative estimate of drug-likeness (QED) is 0.701. The lowest BCUT2D eigenvalue weighted by molar-refractivity contribution is -0.000766. The summed E-state index contributed by atoms with van der Waals surface area (Å²) in [5.74, 6) is 0.618. The molecule has 3 heteroatoms. The third kappa shape index (κ3) is 4.81. The van der Waals surface area contributed by atoms with Crippen LogP contribution in [0.2, 0.25) is 0 Å². The van der Waals surface area contributed by atoms with Crippen LogP contribution in [-0.4, -0.2) is 37.0 Å². The Bertz CT molecular complexity index is 175. The second-order valence-electron chi connectivity index (χ2n) is 4.82. The Hall–Kier alpha value is -0.120. The Labute approximate surface area is 99.6 Å². The highest BCUT2D eigenvalue weighted by Crippen LogP contribution is 2.17. The van der Waals surface area contributed by atoms with Gasteiger partial charge in [0, 0.05) is 19.3 Å². The largest absolute Gasteiger partial charge is 0.396 e. The number of aliphatic hydroxyl groups excluding tert-OH is 1. The van der Waals surface area contributed by atoms with E-state index in [0.717, 1.165) is 45.3 Å². The zero-order valence-electron chi connectivity index (χ0n) is 10.7. The summed E-state index contributed by atoms with van der Waals surface area (Å²) in [4.78, 5) is 0. The van der Waals surface area contributed by atoms with Gasteiger partial charge in [-0.05, 0) is 38.1 Å². The molecular weight excluding hydrogens is 202 g/mol. The molecule has 0 saturated carbocycles. The molecule has 3 nitrogen and oxygen atoms in total. The fourth-order valence-electron chi connectivity index (χ4n) is 2.32. The van der Waals surface area contributed by atoms with E-state index >= 15 is 0 Å². The second-order valence-corrected chi connectivity index (χ2v) is 4.82. The average Bonchev–Trinajstić information content (AvgIpc) is 2.34. The molecule has 16 heavy (non-hydrogen) atoms. The van der Waals surface area contributed by atoms with Crippen molar-refractivity contribution in [1.82, 2.24) is 5.32 Å². The van der Waals surface area contributed by atoms with Crippen LogP contribution >= 0.6 is 0 Å². The Morgan fingerprint density at radius 1 is 1.44 bits per heavy atom. The van der Waals surface area contributed by atoms with Gasteiger partial charge in [-0.2, -0.15) is 0 Å². The number of hydrogen-bond donors (Lipinski definition) is 2. The molecule has 0 aromatic heterocycles. The van der Waals surface area contributed by atoms with E-state index in [-0.39, 0.29) is 0 Å². The van der Waals surface area contributed by atoms with Crippen molar-refractivity contribution in [3.8, 4) is 0 Å². The van der Waals surface area contributed by atoms with E-state index in [0.29, 0.717) is 24.7 Å². The standard InChI is InChI=1S/C13H27NO2/c1-3-11(5-7-15)10-14-12-6-8-16-13(4-2)9-12/h11-15H,3-10H2,1-2H3. The zero-order chi connectivity index (χ0) is 11.8. The average molecular weight is 229 g/mol. The molecule has 0 amide bonds. The second kappa shape index (κ2) is 8.04. The van der Waals surface area contributed by atoms with Crippen LogP contribution in [0.5, 0.6) is 0 Å². The van der Waals surface area contributed by atoms with E-state index in [2.05, 4.69) is 19.2 Å². The van der Waals surface area contributed by atoms with Gasteiger partial charge >= 0.3 is 0 Å². The maximum atomic E-state index is 8.94. The molecule has 3 atom stereocenters. The lowest BCUT2D eigenvalue weighted by atomic mass is 9.99. The summed E-state index contributed by atoms with van der Waals surface area (Å²) >= 11 is 0. The highest BCUT2D eigenvalue weighted by molar-refractivity contribution is 4.77. The van der Waals surface area contributed by atoms with E-state index in [1.54, 1.807) is 0 Å². The normalized spacial score (nSPS) is 27.9. The fraction of sp³-hybridized carbons (Fsp3) is 1.00. The van der Waals surface area contributed by atoms with Crippen molar-refractivity contribution < 1.29 is 9.84 Å². The molecule has 1 rings (SSSR count). The third-order valence-electron chi connectivity index (χ3n) is 3.63. The summed E-state index contributed by atoms with van der Waals surface area (Å²) in [5.41, 5.74) is 0. The van der Waals surface area contributed by atoms with Crippen molar-refractivity contribution in [3.63, 3.8) is 0 Å². The smallest absolute Gasteiger partial charge is 0.0587 e. The minimum absolute atomic E-state index is 0.311. The molecule has 1 fully saturated rings. The maximum Gasteiger partial charge on any atom is 0.0587 e. The Kier molecular flexibility index (Phi) is 7.01. The van der Waals surface area contributed by atoms with Crippen LogP contribution in [-0.2, 0) is 4.74 Å². The fourth-order valence-corrected chi connectivity index (χ4v) is 2.32. The van der Waals surface area contributed by atoms with Gasteiger partial charge in [0.25, 0.3) is 0 Å². The van der Waals surface area contributed by atoms with E-state index < -0.39 is 0 Å². The van der Waals surface area contributed by atoms with Gasteiger partial charge in [0.1, 0.15) is 0 Å². The first-order valence-corrected chi connectivity index (χ1v) is 6.75. The molecule has 1 heterocycles. The van der Waals surface area contributed by atoms with E-state index in [9.17, 15) is 0 Å². The Morgan fingerprint density at radius 3 is 2.88 bits per heavy atom. The summed E-state index contributed by atoms with van der Waals surface area (Å²) in [7, 11) is 0. The van der Waals surface area contributed by atoms with Crippen LogP contribution < -0.4 is 5.32 Å². The molecule has 96 valence electrons. The number of ether oxygens (including phenoxy) is 1. The van der Waals surface area contributed by atoms with Gasteiger partial charge in [0.2, 0.25) is 0 Å².